The van der Waals surface area contributed by atoms with Gasteiger partial charge in [-0.25, -0.2) is 0 Å². The van der Waals surface area contributed by atoms with Crippen LogP contribution in [0.5, 0.6) is 0 Å². The second-order valence-electron chi connectivity index (χ2n) is 6.45. The van der Waals surface area contributed by atoms with Crippen LogP contribution in [0.25, 0.3) is 11.3 Å². The predicted molar refractivity (Wildman–Crippen MR) is 106 cm³/mol. The molecule has 142 valence electrons. The number of hydrogen-bond donors (Lipinski definition) is 1. The van der Waals surface area contributed by atoms with E-state index < -0.39 is 0 Å². The number of unbranched alkanes of at least 4 members (excludes halogenated alkanes) is 1. The molecule has 2 heterocycles. The van der Waals surface area contributed by atoms with Gasteiger partial charge in [0.15, 0.2) is 0 Å². The van der Waals surface area contributed by atoms with Crippen molar-refractivity contribution in [3.63, 3.8) is 0 Å². The first-order valence-electron chi connectivity index (χ1n) is 8.88. The Hall–Kier alpha value is -1.56. The van der Waals surface area contributed by atoms with Gasteiger partial charge in [-0.05, 0) is 58.3 Å². The van der Waals surface area contributed by atoms with E-state index in [9.17, 15) is 4.79 Å². The highest BCUT2D eigenvalue weighted by Crippen LogP contribution is 2.30. The molecule has 1 amide bonds. The maximum absolute atomic E-state index is 12.6. The van der Waals surface area contributed by atoms with Crippen LogP contribution in [0.15, 0.2) is 28.8 Å². The van der Waals surface area contributed by atoms with Crippen molar-refractivity contribution in [2.45, 2.75) is 32.6 Å². The summed E-state index contributed by atoms with van der Waals surface area (Å²) in [6, 6.07) is 7.33. The van der Waals surface area contributed by atoms with Crippen LogP contribution in [0.1, 0.15) is 41.8 Å². The summed E-state index contributed by atoms with van der Waals surface area (Å²) in [6.45, 7) is 5.95. The molecule has 1 aromatic heterocycles. The molecule has 0 bridgehead atoms. The van der Waals surface area contributed by atoms with Crippen LogP contribution in [0, 0.1) is 6.92 Å². The van der Waals surface area contributed by atoms with Crippen molar-refractivity contribution in [1.82, 2.24) is 15.4 Å². The Morgan fingerprint density at radius 2 is 2.00 bits per heavy atom. The van der Waals surface area contributed by atoms with E-state index >= 15 is 0 Å². The lowest BCUT2D eigenvalue weighted by atomic mass is 10.1. The maximum Gasteiger partial charge on any atom is 0.257 e. The topological polar surface area (TPSA) is 58.4 Å². The van der Waals surface area contributed by atoms with E-state index in [4.69, 9.17) is 16.1 Å². The molecule has 1 saturated heterocycles. The van der Waals surface area contributed by atoms with Crippen molar-refractivity contribution in [2.75, 3.05) is 26.2 Å². The fourth-order valence-corrected chi connectivity index (χ4v) is 3.46. The van der Waals surface area contributed by atoms with E-state index in [1.807, 2.05) is 18.2 Å². The Balaban J connectivity index is 0.00000243. The number of nitrogens with one attached hydrogen (secondary N) is 1. The van der Waals surface area contributed by atoms with E-state index in [0.717, 1.165) is 19.4 Å². The monoisotopic (exact) mass is 397 g/mol. The smallest absolute Gasteiger partial charge is 0.257 e. The highest BCUT2D eigenvalue weighted by Gasteiger charge is 2.22. The zero-order valence-electron chi connectivity index (χ0n) is 15.0. The van der Waals surface area contributed by atoms with Crippen molar-refractivity contribution < 1.29 is 9.32 Å². The molecule has 7 heteroatoms. The highest BCUT2D eigenvalue weighted by atomic mass is 35.5. The summed E-state index contributed by atoms with van der Waals surface area (Å²) in [5.41, 5.74) is 1.67. The molecule has 0 radical (unpaired) electrons. The molecule has 1 aromatic carbocycles. The summed E-state index contributed by atoms with van der Waals surface area (Å²) in [7, 11) is 0. The fourth-order valence-electron chi connectivity index (χ4n) is 3.23. The second kappa shape index (κ2) is 9.95. The van der Waals surface area contributed by atoms with Crippen LogP contribution in [-0.4, -0.2) is 42.1 Å². The molecule has 1 aliphatic rings. The first-order valence-corrected chi connectivity index (χ1v) is 9.26. The van der Waals surface area contributed by atoms with Gasteiger partial charge in [-0.1, -0.05) is 35.0 Å². The molecule has 1 fully saturated rings. The number of carbonyl (C=O) groups excluding carboxylic acids is 1. The number of halogens is 2. The van der Waals surface area contributed by atoms with Gasteiger partial charge in [0.2, 0.25) is 0 Å². The zero-order chi connectivity index (χ0) is 17.6. The molecule has 0 atom stereocenters. The maximum atomic E-state index is 12.6. The number of amides is 1. The molecule has 0 unspecified atom stereocenters. The number of benzene rings is 1. The van der Waals surface area contributed by atoms with E-state index in [-0.39, 0.29) is 18.3 Å². The minimum atomic E-state index is -0.158. The lowest BCUT2D eigenvalue weighted by Crippen LogP contribution is -2.26. The van der Waals surface area contributed by atoms with Crippen molar-refractivity contribution in [1.29, 1.82) is 0 Å². The van der Waals surface area contributed by atoms with E-state index in [2.05, 4.69) is 15.4 Å². The number of aryl methyl sites for hydroxylation is 1. The quantitative estimate of drug-likeness (QED) is 0.706. The average Bonchev–Trinajstić information content (AvgIpc) is 3.24. The summed E-state index contributed by atoms with van der Waals surface area (Å²) < 4.78 is 5.25. The molecule has 2 aromatic rings. The average molecular weight is 398 g/mol. The number of carbonyl (C=O) groups is 1. The van der Waals surface area contributed by atoms with Crippen LogP contribution < -0.4 is 5.32 Å². The predicted octanol–water partition coefficient (Wildman–Crippen LogP) is 4.33. The third kappa shape index (κ3) is 5.00. The van der Waals surface area contributed by atoms with E-state index in [1.54, 1.807) is 13.0 Å². The van der Waals surface area contributed by atoms with Gasteiger partial charge < -0.3 is 14.7 Å². The third-order valence-corrected chi connectivity index (χ3v) is 4.93. The first kappa shape index (κ1) is 20.7. The summed E-state index contributed by atoms with van der Waals surface area (Å²) in [5, 5.41) is 7.57. The molecule has 0 aliphatic carbocycles. The Kier molecular flexibility index (Phi) is 7.94. The van der Waals surface area contributed by atoms with Crippen LogP contribution in [0.2, 0.25) is 5.02 Å². The van der Waals surface area contributed by atoms with Crippen molar-refractivity contribution in [2.24, 2.45) is 0 Å². The summed E-state index contributed by atoms with van der Waals surface area (Å²) in [6.07, 6.45) is 4.69. The Morgan fingerprint density at radius 3 is 2.73 bits per heavy atom. The van der Waals surface area contributed by atoms with Crippen molar-refractivity contribution >= 4 is 29.9 Å². The number of hydrogen-bond acceptors (Lipinski definition) is 4. The van der Waals surface area contributed by atoms with Gasteiger partial charge in [0.25, 0.3) is 5.91 Å². The highest BCUT2D eigenvalue weighted by molar-refractivity contribution is 6.33. The van der Waals surface area contributed by atoms with Gasteiger partial charge in [0.05, 0.1) is 5.02 Å². The van der Waals surface area contributed by atoms with Gasteiger partial charge in [-0.3, -0.25) is 4.79 Å². The Labute approximate surface area is 165 Å². The van der Waals surface area contributed by atoms with Gasteiger partial charge in [0, 0.05) is 12.1 Å². The SMILES string of the molecule is Cc1onc(-c2ccccc2Cl)c1C(=O)NCCCCN1CCCC1.Cl. The van der Waals surface area contributed by atoms with Gasteiger partial charge in [-0.15, -0.1) is 12.4 Å². The Bertz CT molecular complexity index is 727. The van der Waals surface area contributed by atoms with Crippen LogP contribution in [0.3, 0.4) is 0 Å². The number of aromatic nitrogens is 1. The Morgan fingerprint density at radius 1 is 1.27 bits per heavy atom. The van der Waals surface area contributed by atoms with Gasteiger partial charge in [0.1, 0.15) is 17.0 Å². The molecule has 1 N–H and O–H groups in total. The van der Waals surface area contributed by atoms with Crippen molar-refractivity contribution in [3.8, 4) is 11.3 Å². The number of likely N-dealkylation sites (tertiary alicyclic amines) is 1. The standard InChI is InChI=1S/C19H24ClN3O2.ClH/c1-14-17(18(22-25-14)15-8-2-3-9-16(15)20)19(24)21-10-4-5-11-23-12-6-7-13-23;/h2-3,8-9H,4-7,10-13H2,1H3,(H,21,24);1H. The molecule has 5 nitrogen and oxygen atoms in total. The third-order valence-electron chi connectivity index (χ3n) is 4.60. The van der Waals surface area contributed by atoms with Crippen LogP contribution in [0.4, 0.5) is 0 Å². The molecule has 0 saturated carbocycles. The second-order valence-corrected chi connectivity index (χ2v) is 6.86. The molecular weight excluding hydrogens is 373 g/mol. The van der Waals surface area contributed by atoms with E-state index in [1.165, 1.54) is 25.9 Å². The lowest BCUT2D eigenvalue weighted by Gasteiger charge is -2.14. The first-order chi connectivity index (χ1) is 12.2. The van der Waals surface area contributed by atoms with Gasteiger partial charge >= 0.3 is 0 Å². The summed E-state index contributed by atoms with van der Waals surface area (Å²) in [4.78, 5) is 15.1. The van der Waals surface area contributed by atoms with Crippen LogP contribution >= 0.6 is 24.0 Å². The summed E-state index contributed by atoms with van der Waals surface area (Å²) in [5.74, 6) is 0.347. The van der Waals surface area contributed by atoms with Crippen LogP contribution in [-0.2, 0) is 0 Å². The molecule has 1 aliphatic heterocycles. The fraction of sp³-hybridized carbons (Fsp3) is 0.474. The van der Waals surface area contributed by atoms with Crippen molar-refractivity contribution in [3.05, 3.63) is 40.6 Å². The minimum absolute atomic E-state index is 0. The van der Waals surface area contributed by atoms with E-state index in [0.29, 0.717) is 34.1 Å². The zero-order valence-corrected chi connectivity index (χ0v) is 16.5. The normalized spacial score (nSPS) is 14.2. The lowest BCUT2D eigenvalue weighted by molar-refractivity contribution is 0.0951. The van der Waals surface area contributed by atoms with Gasteiger partial charge in [-0.2, -0.15) is 0 Å². The largest absolute Gasteiger partial charge is 0.360 e. The summed E-state index contributed by atoms with van der Waals surface area (Å²) >= 11 is 6.23. The molecular formula is C19H25Cl2N3O2. The molecule has 0 spiro atoms. The molecule has 3 rings (SSSR count). The minimum Gasteiger partial charge on any atom is -0.360 e. The number of rotatable bonds is 7. The molecule has 26 heavy (non-hydrogen) atoms. The number of nitrogens with zero attached hydrogens (tertiary/aromatic N) is 2.